The van der Waals surface area contributed by atoms with E-state index in [1.807, 2.05) is 72.8 Å². The van der Waals surface area contributed by atoms with E-state index in [9.17, 15) is 9.59 Å². The fraction of sp³-hybridized carbons (Fsp3) is 0.103. The van der Waals surface area contributed by atoms with Crippen LogP contribution >= 0.6 is 34.4 Å². The molecule has 4 nitrogen and oxygen atoms in total. The molecule has 35 heavy (non-hydrogen) atoms. The lowest BCUT2D eigenvalue weighted by Crippen LogP contribution is -2.27. The third-order valence-corrected chi connectivity index (χ3v) is 7.56. The van der Waals surface area contributed by atoms with Gasteiger partial charge in [-0.3, -0.25) is 14.5 Å². The topological polar surface area (TPSA) is 46.6 Å². The zero-order valence-electron chi connectivity index (χ0n) is 19.0. The lowest BCUT2D eigenvalue weighted by Gasteiger charge is -2.14. The number of carbonyl (C=O) groups is 2. The van der Waals surface area contributed by atoms with Crippen LogP contribution in [0.4, 0.5) is 4.79 Å². The van der Waals surface area contributed by atoms with Crippen LogP contribution < -0.4 is 4.74 Å². The number of benzene rings is 4. The van der Waals surface area contributed by atoms with Crippen LogP contribution in [0.3, 0.4) is 0 Å². The molecular weight excluding hydrogens is 569 g/mol. The first-order chi connectivity index (χ1) is 17.0. The summed E-state index contributed by atoms with van der Waals surface area (Å²) in [6.07, 6.45) is 1.78. The molecule has 1 aliphatic heterocycles. The normalized spacial score (nSPS) is 14.8. The number of amides is 2. The Hall–Kier alpha value is -3.10. The van der Waals surface area contributed by atoms with Gasteiger partial charge in [-0.05, 0) is 86.9 Å². The van der Waals surface area contributed by atoms with Gasteiger partial charge in [-0.2, -0.15) is 0 Å². The molecule has 0 aromatic heterocycles. The van der Waals surface area contributed by atoms with Crippen molar-refractivity contribution in [2.75, 3.05) is 0 Å². The molecule has 0 unspecified atom stereocenters. The van der Waals surface area contributed by atoms with Crippen LogP contribution in [0.15, 0.2) is 89.8 Å². The van der Waals surface area contributed by atoms with E-state index in [4.69, 9.17) is 4.74 Å². The van der Waals surface area contributed by atoms with E-state index in [1.54, 1.807) is 6.08 Å². The molecule has 5 rings (SSSR count). The number of hydrogen-bond acceptors (Lipinski definition) is 4. The van der Waals surface area contributed by atoms with Gasteiger partial charge in [-0.15, -0.1) is 0 Å². The highest BCUT2D eigenvalue weighted by atomic mass is 127. The van der Waals surface area contributed by atoms with Crippen molar-refractivity contribution in [1.82, 2.24) is 4.90 Å². The van der Waals surface area contributed by atoms with Crippen molar-refractivity contribution < 1.29 is 14.3 Å². The van der Waals surface area contributed by atoms with Gasteiger partial charge >= 0.3 is 0 Å². The average molecular weight is 591 g/mol. The summed E-state index contributed by atoms with van der Waals surface area (Å²) in [5.74, 6) is 0.524. The van der Waals surface area contributed by atoms with E-state index in [-0.39, 0.29) is 17.7 Å². The molecule has 1 fully saturated rings. The zero-order valence-corrected chi connectivity index (χ0v) is 22.0. The highest BCUT2D eigenvalue weighted by Crippen LogP contribution is 2.35. The summed E-state index contributed by atoms with van der Waals surface area (Å²) in [5.41, 5.74) is 4.12. The highest BCUT2D eigenvalue weighted by Gasteiger charge is 2.35. The lowest BCUT2D eigenvalue weighted by molar-refractivity contribution is -0.123. The highest BCUT2D eigenvalue weighted by molar-refractivity contribution is 14.1. The molecule has 174 valence electrons. The molecule has 6 heteroatoms. The molecule has 0 radical (unpaired) electrons. The van der Waals surface area contributed by atoms with Gasteiger partial charge in [-0.25, -0.2) is 0 Å². The average Bonchev–Trinajstić information content (AvgIpc) is 3.11. The second kappa shape index (κ2) is 10.3. The Morgan fingerprint density at radius 2 is 1.74 bits per heavy atom. The first-order valence-corrected chi connectivity index (χ1v) is 13.1. The minimum absolute atomic E-state index is 0.248. The van der Waals surface area contributed by atoms with Crippen molar-refractivity contribution in [2.45, 2.75) is 20.1 Å². The van der Waals surface area contributed by atoms with E-state index < -0.39 is 0 Å². The van der Waals surface area contributed by atoms with Gasteiger partial charge in [0, 0.05) is 0 Å². The van der Waals surface area contributed by atoms with E-state index in [1.165, 1.54) is 10.5 Å². The van der Waals surface area contributed by atoms with Crippen molar-refractivity contribution in [3.05, 3.63) is 116 Å². The summed E-state index contributed by atoms with van der Waals surface area (Å²) >= 11 is 3.22. The van der Waals surface area contributed by atoms with E-state index in [2.05, 4.69) is 41.6 Å². The molecule has 1 aliphatic rings. The lowest BCUT2D eigenvalue weighted by atomic mass is 10.0. The maximum Gasteiger partial charge on any atom is 0.293 e. The number of imide groups is 1. The standard InChI is InChI=1S/C29H22INO3S/c1-19-6-4-7-21(14-19)18-34-26-13-12-20(15-25(26)30)16-27-28(32)31(29(33)35-27)17-23-10-5-9-22-8-2-3-11-24(22)23/h2-16H,17-18H2,1H3/b27-16+. The van der Waals surface area contributed by atoms with E-state index in [0.29, 0.717) is 11.5 Å². The second-order valence-corrected chi connectivity index (χ2v) is 10.5. The van der Waals surface area contributed by atoms with Crippen LogP contribution in [0.2, 0.25) is 0 Å². The van der Waals surface area contributed by atoms with Gasteiger partial charge in [0.05, 0.1) is 15.0 Å². The summed E-state index contributed by atoms with van der Waals surface area (Å²) < 4.78 is 6.94. The number of carbonyl (C=O) groups excluding carboxylic acids is 2. The number of fused-ring (bicyclic) bond motifs is 1. The maximum absolute atomic E-state index is 13.1. The number of hydrogen-bond donors (Lipinski definition) is 0. The van der Waals surface area contributed by atoms with Crippen LogP contribution in [0, 0.1) is 10.5 Å². The quantitative estimate of drug-likeness (QED) is 0.172. The molecule has 0 aliphatic carbocycles. The number of aryl methyl sites for hydroxylation is 1. The maximum atomic E-state index is 13.1. The van der Waals surface area contributed by atoms with Crippen molar-refractivity contribution in [2.24, 2.45) is 0 Å². The van der Waals surface area contributed by atoms with Crippen molar-refractivity contribution in [1.29, 1.82) is 0 Å². The SMILES string of the molecule is Cc1cccc(COc2ccc(/C=C3/SC(=O)N(Cc4cccc5ccccc45)C3=O)cc2I)c1. The smallest absolute Gasteiger partial charge is 0.293 e. The predicted octanol–water partition coefficient (Wildman–Crippen LogP) is 7.57. The van der Waals surface area contributed by atoms with Gasteiger partial charge in [0.1, 0.15) is 12.4 Å². The zero-order chi connectivity index (χ0) is 24.4. The summed E-state index contributed by atoms with van der Waals surface area (Å²) in [7, 11) is 0. The fourth-order valence-electron chi connectivity index (χ4n) is 4.08. The molecule has 1 heterocycles. The van der Waals surface area contributed by atoms with Gasteiger partial charge in [0.15, 0.2) is 0 Å². The van der Waals surface area contributed by atoms with E-state index in [0.717, 1.165) is 48.5 Å². The van der Waals surface area contributed by atoms with Crippen LogP contribution in [0.25, 0.3) is 16.8 Å². The van der Waals surface area contributed by atoms with Gasteiger partial charge in [-0.1, -0.05) is 78.4 Å². The number of thioether (sulfide) groups is 1. The fourth-order valence-corrected chi connectivity index (χ4v) is 5.61. The largest absolute Gasteiger partial charge is 0.488 e. The Morgan fingerprint density at radius 3 is 2.57 bits per heavy atom. The first-order valence-electron chi connectivity index (χ1n) is 11.2. The predicted molar refractivity (Wildman–Crippen MR) is 150 cm³/mol. The Labute approximate surface area is 222 Å². The minimum Gasteiger partial charge on any atom is -0.488 e. The molecule has 2 amide bonds. The summed E-state index contributed by atoms with van der Waals surface area (Å²) in [6.45, 7) is 2.81. The molecule has 0 spiro atoms. The molecule has 0 N–H and O–H groups in total. The third-order valence-electron chi connectivity index (χ3n) is 5.81. The molecule has 1 saturated heterocycles. The summed E-state index contributed by atoms with van der Waals surface area (Å²) in [4.78, 5) is 27.5. The Bertz CT molecular complexity index is 1470. The molecule has 0 bridgehead atoms. The number of rotatable bonds is 6. The molecule has 0 saturated carbocycles. The van der Waals surface area contributed by atoms with E-state index >= 15 is 0 Å². The monoisotopic (exact) mass is 591 g/mol. The Morgan fingerprint density at radius 1 is 0.943 bits per heavy atom. The first kappa shape index (κ1) is 23.6. The van der Waals surface area contributed by atoms with Crippen molar-refractivity contribution >= 4 is 62.3 Å². The van der Waals surface area contributed by atoms with Crippen molar-refractivity contribution in [3.63, 3.8) is 0 Å². The molecule has 4 aromatic rings. The van der Waals surface area contributed by atoms with Gasteiger partial charge in [0.2, 0.25) is 0 Å². The van der Waals surface area contributed by atoms with Gasteiger partial charge in [0.25, 0.3) is 11.1 Å². The third kappa shape index (κ3) is 5.28. The van der Waals surface area contributed by atoms with Gasteiger partial charge < -0.3 is 4.74 Å². The molecule has 0 atom stereocenters. The molecule has 4 aromatic carbocycles. The number of halogens is 1. The van der Waals surface area contributed by atoms with Crippen molar-refractivity contribution in [3.8, 4) is 5.75 Å². The van der Waals surface area contributed by atoms with Crippen LogP contribution in [-0.4, -0.2) is 16.0 Å². The van der Waals surface area contributed by atoms with Crippen LogP contribution in [0.5, 0.6) is 5.75 Å². The second-order valence-electron chi connectivity index (χ2n) is 8.37. The summed E-state index contributed by atoms with van der Waals surface area (Å²) in [6, 6.07) is 28.0. The summed E-state index contributed by atoms with van der Waals surface area (Å²) in [5, 5.41) is 1.89. The van der Waals surface area contributed by atoms with Crippen LogP contribution in [-0.2, 0) is 17.9 Å². The minimum atomic E-state index is -0.261. The molecular formula is C29H22INO3S. The number of nitrogens with zero attached hydrogens (tertiary/aromatic N) is 1. The van der Waals surface area contributed by atoms with Crippen LogP contribution in [0.1, 0.15) is 22.3 Å². The Balaban J connectivity index is 1.31. The number of ether oxygens (including phenoxy) is 1. The Kier molecular flexibility index (Phi) is 6.92.